The second-order valence-electron chi connectivity index (χ2n) is 5.31. The first-order valence-electron chi connectivity index (χ1n) is 7.09. The van der Waals surface area contributed by atoms with Gasteiger partial charge in [-0.1, -0.05) is 31.9 Å². The zero-order valence-electron chi connectivity index (χ0n) is 11.4. The summed E-state index contributed by atoms with van der Waals surface area (Å²) in [4.78, 5) is 4.46. The molecule has 2 heteroatoms. The summed E-state index contributed by atoms with van der Waals surface area (Å²) in [6.45, 7) is 7.98. The molecule has 98 valence electrons. The third-order valence-corrected chi connectivity index (χ3v) is 4.02. The van der Waals surface area contributed by atoms with Crippen molar-refractivity contribution in [1.29, 1.82) is 0 Å². The Kier molecular flexibility index (Phi) is 4.94. The fourth-order valence-electron chi connectivity index (χ4n) is 2.78. The van der Waals surface area contributed by atoms with Gasteiger partial charge in [-0.3, -0.25) is 4.98 Å². The molecule has 1 aliphatic rings. The largest absolute Gasteiger partial charge is 0.311 e. The Morgan fingerprint density at radius 3 is 2.89 bits per heavy atom. The van der Waals surface area contributed by atoms with Crippen LogP contribution < -0.4 is 5.32 Å². The number of nitrogens with zero attached hydrogens (tertiary/aromatic N) is 1. The SMILES string of the molecule is C=Cc1ccnc(CNCC2CCCCC2)c1C. The molecule has 1 saturated carbocycles. The molecule has 0 aliphatic heterocycles. The number of rotatable bonds is 5. The van der Waals surface area contributed by atoms with Crippen LogP contribution in [0.25, 0.3) is 6.08 Å². The van der Waals surface area contributed by atoms with Crippen molar-refractivity contribution in [2.45, 2.75) is 45.6 Å². The molecule has 0 unspecified atom stereocenters. The zero-order valence-corrected chi connectivity index (χ0v) is 11.4. The van der Waals surface area contributed by atoms with E-state index in [0.29, 0.717) is 0 Å². The maximum Gasteiger partial charge on any atom is 0.0576 e. The van der Waals surface area contributed by atoms with Crippen LogP contribution in [0.5, 0.6) is 0 Å². The number of pyridine rings is 1. The number of nitrogens with one attached hydrogen (secondary N) is 1. The van der Waals surface area contributed by atoms with Crippen molar-refractivity contribution in [1.82, 2.24) is 10.3 Å². The summed E-state index contributed by atoms with van der Waals surface area (Å²) in [7, 11) is 0. The predicted molar refractivity (Wildman–Crippen MR) is 77.3 cm³/mol. The maximum atomic E-state index is 4.46. The minimum absolute atomic E-state index is 0.877. The zero-order chi connectivity index (χ0) is 12.8. The van der Waals surface area contributed by atoms with Gasteiger partial charge < -0.3 is 5.32 Å². The molecule has 0 amide bonds. The highest BCUT2D eigenvalue weighted by Gasteiger charge is 2.13. The predicted octanol–water partition coefficient (Wildman–Crippen LogP) is 3.70. The van der Waals surface area contributed by atoms with E-state index >= 15 is 0 Å². The van der Waals surface area contributed by atoms with Gasteiger partial charge in [-0.2, -0.15) is 0 Å². The van der Waals surface area contributed by atoms with Crippen LogP contribution in [0.4, 0.5) is 0 Å². The quantitative estimate of drug-likeness (QED) is 0.854. The Labute approximate surface area is 111 Å². The van der Waals surface area contributed by atoms with E-state index in [-0.39, 0.29) is 0 Å². The normalized spacial score (nSPS) is 16.7. The van der Waals surface area contributed by atoms with Gasteiger partial charge in [-0.05, 0) is 49.4 Å². The van der Waals surface area contributed by atoms with Crippen molar-refractivity contribution in [3.63, 3.8) is 0 Å². The standard InChI is InChI=1S/C16H24N2/c1-3-15-9-10-18-16(13(15)2)12-17-11-14-7-5-4-6-8-14/h3,9-10,14,17H,1,4-8,11-12H2,2H3. The molecule has 1 aromatic rings. The number of aromatic nitrogens is 1. The van der Waals surface area contributed by atoms with Crippen LogP contribution in [0, 0.1) is 12.8 Å². The van der Waals surface area contributed by atoms with E-state index in [0.717, 1.165) is 24.7 Å². The van der Waals surface area contributed by atoms with Gasteiger partial charge in [-0.25, -0.2) is 0 Å². The van der Waals surface area contributed by atoms with Crippen molar-refractivity contribution >= 4 is 6.08 Å². The maximum absolute atomic E-state index is 4.46. The molecule has 0 aromatic carbocycles. The Hall–Kier alpha value is -1.15. The molecule has 2 rings (SSSR count). The van der Waals surface area contributed by atoms with Gasteiger partial charge in [0.05, 0.1) is 5.69 Å². The Morgan fingerprint density at radius 1 is 1.39 bits per heavy atom. The lowest BCUT2D eigenvalue weighted by molar-refractivity contribution is 0.341. The van der Waals surface area contributed by atoms with E-state index in [1.165, 1.54) is 43.2 Å². The van der Waals surface area contributed by atoms with Crippen molar-refractivity contribution < 1.29 is 0 Å². The van der Waals surface area contributed by atoms with Crippen molar-refractivity contribution in [2.24, 2.45) is 5.92 Å². The van der Waals surface area contributed by atoms with Crippen LogP contribution in [-0.4, -0.2) is 11.5 Å². The summed E-state index contributed by atoms with van der Waals surface area (Å²) >= 11 is 0. The molecule has 2 nitrogen and oxygen atoms in total. The van der Waals surface area contributed by atoms with Gasteiger partial charge in [0, 0.05) is 12.7 Å². The molecule has 0 saturated heterocycles. The van der Waals surface area contributed by atoms with Crippen LogP contribution in [0.3, 0.4) is 0 Å². The molecule has 0 spiro atoms. The highest BCUT2D eigenvalue weighted by atomic mass is 14.9. The van der Waals surface area contributed by atoms with Crippen LogP contribution >= 0.6 is 0 Å². The van der Waals surface area contributed by atoms with Crippen LogP contribution in [0.1, 0.15) is 48.9 Å². The van der Waals surface area contributed by atoms with Crippen molar-refractivity contribution in [2.75, 3.05) is 6.54 Å². The van der Waals surface area contributed by atoms with E-state index in [4.69, 9.17) is 0 Å². The molecule has 0 radical (unpaired) electrons. The van der Waals surface area contributed by atoms with Gasteiger partial charge in [-0.15, -0.1) is 0 Å². The van der Waals surface area contributed by atoms with Crippen molar-refractivity contribution in [3.8, 4) is 0 Å². The fraction of sp³-hybridized carbons (Fsp3) is 0.562. The third kappa shape index (κ3) is 3.42. The Bertz CT molecular complexity index is 392. The molecule has 0 atom stereocenters. The summed E-state index contributed by atoms with van der Waals surface area (Å²) in [6.07, 6.45) is 10.8. The topological polar surface area (TPSA) is 24.9 Å². The van der Waals surface area contributed by atoms with Crippen LogP contribution in [-0.2, 0) is 6.54 Å². The fourth-order valence-corrected chi connectivity index (χ4v) is 2.78. The summed E-state index contributed by atoms with van der Waals surface area (Å²) in [6, 6.07) is 2.02. The second-order valence-corrected chi connectivity index (χ2v) is 5.31. The first-order chi connectivity index (χ1) is 8.81. The third-order valence-electron chi connectivity index (χ3n) is 4.02. The summed E-state index contributed by atoms with van der Waals surface area (Å²) in [5, 5.41) is 3.57. The molecule has 1 fully saturated rings. The van der Waals surface area contributed by atoms with E-state index in [1.807, 2.05) is 18.3 Å². The first kappa shape index (κ1) is 13.3. The molecule has 1 aliphatic carbocycles. The molecular formula is C16H24N2. The number of hydrogen-bond donors (Lipinski definition) is 1. The van der Waals surface area contributed by atoms with E-state index in [2.05, 4.69) is 23.8 Å². The minimum atomic E-state index is 0.877. The smallest absolute Gasteiger partial charge is 0.0576 e. The Morgan fingerprint density at radius 2 is 2.17 bits per heavy atom. The summed E-state index contributed by atoms with van der Waals surface area (Å²) < 4.78 is 0. The van der Waals surface area contributed by atoms with E-state index in [1.54, 1.807) is 0 Å². The molecule has 1 heterocycles. The highest BCUT2D eigenvalue weighted by molar-refractivity contribution is 5.51. The molecule has 1 aromatic heterocycles. The lowest BCUT2D eigenvalue weighted by atomic mass is 9.89. The number of hydrogen-bond acceptors (Lipinski definition) is 2. The van der Waals surface area contributed by atoms with Crippen LogP contribution in [0.15, 0.2) is 18.8 Å². The van der Waals surface area contributed by atoms with Gasteiger partial charge in [0.25, 0.3) is 0 Å². The summed E-state index contributed by atoms with van der Waals surface area (Å²) in [5.41, 5.74) is 3.60. The van der Waals surface area contributed by atoms with Crippen molar-refractivity contribution in [3.05, 3.63) is 35.7 Å². The lowest BCUT2D eigenvalue weighted by Crippen LogP contribution is -2.24. The van der Waals surface area contributed by atoms with Gasteiger partial charge in [0.15, 0.2) is 0 Å². The monoisotopic (exact) mass is 244 g/mol. The second kappa shape index (κ2) is 6.69. The van der Waals surface area contributed by atoms with E-state index in [9.17, 15) is 0 Å². The average Bonchev–Trinajstić information content (AvgIpc) is 2.42. The van der Waals surface area contributed by atoms with E-state index < -0.39 is 0 Å². The first-order valence-corrected chi connectivity index (χ1v) is 7.09. The molecule has 18 heavy (non-hydrogen) atoms. The Balaban J connectivity index is 1.84. The molecule has 0 bridgehead atoms. The molecule has 1 N–H and O–H groups in total. The van der Waals surface area contributed by atoms with Gasteiger partial charge in [0.1, 0.15) is 0 Å². The van der Waals surface area contributed by atoms with Gasteiger partial charge in [0.2, 0.25) is 0 Å². The van der Waals surface area contributed by atoms with Gasteiger partial charge >= 0.3 is 0 Å². The average molecular weight is 244 g/mol. The lowest BCUT2D eigenvalue weighted by Gasteiger charge is -2.22. The molecular weight excluding hydrogens is 220 g/mol. The minimum Gasteiger partial charge on any atom is -0.311 e. The summed E-state index contributed by atoms with van der Waals surface area (Å²) in [5.74, 6) is 0.877. The highest BCUT2D eigenvalue weighted by Crippen LogP contribution is 2.22. The van der Waals surface area contributed by atoms with Crippen LogP contribution in [0.2, 0.25) is 0 Å².